The Morgan fingerprint density at radius 1 is 1.13 bits per heavy atom. The Bertz CT molecular complexity index is 1020. The first-order valence-corrected chi connectivity index (χ1v) is 12.0. The van der Waals surface area contributed by atoms with Gasteiger partial charge in [-0.15, -0.1) is 0 Å². The number of hydrogen-bond acceptors (Lipinski definition) is 5. The van der Waals surface area contributed by atoms with Crippen LogP contribution in [0.4, 0.5) is 0 Å². The molecule has 0 fully saturated rings. The third-order valence-electron chi connectivity index (χ3n) is 4.70. The van der Waals surface area contributed by atoms with Crippen molar-refractivity contribution in [2.45, 2.75) is 38.3 Å². The predicted octanol–water partition coefficient (Wildman–Crippen LogP) is 2.82. The van der Waals surface area contributed by atoms with Crippen LogP contribution in [0.5, 0.6) is 11.5 Å². The highest BCUT2D eigenvalue weighted by molar-refractivity contribution is 7.90. The van der Waals surface area contributed by atoms with Crippen molar-refractivity contribution in [3.8, 4) is 11.5 Å². The summed E-state index contributed by atoms with van der Waals surface area (Å²) in [7, 11) is -3.22. The molecule has 0 bridgehead atoms. The molecule has 2 N–H and O–H groups in total. The van der Waals surface area contributed by atoms with Gasteiger partial charge in [-0.25, -0.2) is 13.4 Å². The second-order valence-corrected chi connectivity index (χ2v) is 9.20. The fourth-order valence-corrected chi connectivity index (χ4v) is 4.27. The molecule has 0 unspecified atom stereocenters. The summed E-state index contributed by atoms with van der Waals surface area (Å²) in [6.45, 7) is 6.82. The lowest BCUT2D eigenvalue weighted by Gasteiger charge is -2.15. The lowest BCUT2D eigenvalue weighted by Crippen LogP contribution is -2.36. The number of fused-ring (bicyclic) bond motifs is 1. The van der Waals surface area contributed by atoms with E-state index >= 15 is 0 Å². The average molecular weight is 432 g/mol. The maximum Gasteiger partial charge on any atom is 0.191 e. The van der Waals surface area contributed by atoms with Gasteiger partial charge in [-0.3, -0.25) is 0 Å². The normalized spacial score (nSPS) is 14.2. The largest absolute Gasteiger partial charge is 0.490 e. The second-order valence-electron chi connectivity index (χ2n) is 7.22. The molecular weight excluding hydrogens is 402 g/mol. The van der Waals surface area contributed by atoms with Crippen LogP contribution in [0, 0.1) is 6.92 Å². The summed E-state index contributed by atoms with van der Waals surface area (Å²) in [4.78, 5) is 4.99. The molecule has 0 radical (unpaired) electrons. The fraction of sp³-hybridized carbons (Fsp3) is 0.409. The minimum atomic E-state index is -3.22. The molecule has 0 atom stereocenters. The number of ether oxygens (including phenoxy) is 2. The Balaban J connectivity index is 1.71. The monoisotopic (exact) mass is 431 g/mol. The summed E-state index contributed by atoms with van der Waals surface area (Å²) in [5, 5.41) is 6.57. The van der Waals surface area contributed by atoms with Crippen LogP contribution in [0.25, 0.3) is 0 Å². The molecule has 1 aliphatic heterocycles. The summed E-state index contributed by atoms with van der Waals surface area (Å²) >= 11 is 0. The Morgan fingerprint density at radius 2 is 1.93 bits per heavy atom. The molecule has 1 aliphatic rings. The first kappa shape index (κ1) is 22.0. The molecule has 8 heteroatoms. The third-order valence-corrected chi connectivity index (χ3v) is 5.96. The smallest absolute Gasteiger partial charge is 0.191 e. The number of nitrogens with zero attached hydrogens (tertiary/aromatic N) is 1. The molecule has 30 heavy (non-hydrogen) atoms. The van der Waals surface area contributed by atoms with E-state index in [9.17, 15) is 8.42 Å². The third kappa shape index (κ3) is 5.66. The number of rotatable bonds is 6. The van der Waals surface area contributed by atoms with Crippen LogP contribution in [-0.4, -0.2) is 40.4 Å². The Kier molecular flexibility index (Phi) is 7.20. The summed E-state index contributed by atoms with van der Waals surface area (Å²) in [6.07, 6.45) is 2.09. The van der Waals surface area contributed by atoms with Gasteiger partial charge in [0.25, 0.3) is 0 Å². The lowest BCUT2D eigenvalue weighted by atomic mass is 10.1. The van der Waals surface area contributed by atoms with E-state index in [2.05, 4.69) is 15.6 Å². The highest BCUT2D eigenvalue weighted by atomic mass is 32.2. The average Bonchev–Trinajstić information content (AvgIpc) is 2.95. The number of nitrogens with one attached hydrogen (secondary N) is 2. The number of para-hydroxylation sites is 1. The van der Waals surface area contributed by atoms with Gasteiger partial charge in [-0.05, 0) is 37.1 Å². The van der Waals surface area contributed by atoms with E-state index in [4.69, 9.17) is 9.47 Å². The molecule has 7 nitrogen and oxygen atoms in total. The summed E-state index contributed by atoms with van der Waals surface area (Å²) in [6, 6.07) is 11.2. The molecule has 2 aromatic rings. The lowest BCUT2D eigenvalue weighted by molar-refractivity contribution is 0.296. The van der Waals surface area contributed by atoms with Crippen molar-refractivity contribution >= 4 is 15.8 Å². The zero-order chi connectivity index (χ0) is 21.6. The molecule has 0 saturated carbocycles. The topological polar surface area (TPSA) is 89.0 Å². The van der Waals surface area contributed by atoms with E-state index in [1.54, 1.807) is 19.1 Å². The van der Waals surface area contributed by atoms with E-state index in [-0.39, 0.29) is 0 Å². The molecule has 0 saturated heterocycles. The quantitative estimate of drug-likeness (QED) is 0.540. The number of aliphatic imine (C=N–C) groups is 1. The van der Waals surface area contributed by atoms with E-state index in [1.165, 1.54) is 6.26 Å². The van der Waals surface area contributed by atoms with Gasteiger partial charge in [0.05, 0.1) is 24.7 Å². The van der Waals surface area contributed by atoms with Crippen LogP contribution in [-0.2, 0) is 22.9 Å². The van der Waals surface area contributed by atoms with E-state index in [0.29, 0.717) is 37.2 Å². The van der Waals surface area contributed by atoms with E-state index in [0.717, 1.165) is 41.2 Å². The molecular formula is C22H29N3O4S. The molecule has 3 rings (SSSR count). The first-order chi connectivity index (χ1) is 14.4. The zero-order valence-corrected chi connectivity index (χ0v) is 18.5. The SMILES string of the molecule is CCNC(=NCc1ccc(S(C)(=O)=O)c(C)c1)NCc1cccc2c1OCCCO2. The van der Waals surface area contributed by atoms with E-state index in [1.807, 2.05) is 31.2 Å². The molecule has 0 aliphatic carbocycles. The molecule has 2 aromatic carbocycles. The van der Waals surface area contributed by atoms with Crippen molar-refractivity contribution < 1.29 is 17.9 Å². The van der Waals surface area contributed by atoms with Crippen LogP contribution in [0.1, 0.15) is 30.0 Å². The molecule has 162 valence electrons. The second kappa shape index (κ2) is 9.84. The van der Waals surface area contributed by atoms with Gasteiger partial charge in [-0.2, -0.15) is 0 Å². The summed E-state index contributed by atoms with van der Waals surface area (Å²) in [5.74, 6) is 2.23. The van der Waals surface area contributed by atoms with Gasteiger partial charge in [0.15, 0.2) is 27.3 Å². The van der Waals surface area contributed by atoms with Gasteiger partial charge < -0.3 is 20.1 Å². The fourth-order valence-electron chi connectivity index (χ4n) is 3.31. The van der Waals surface area contributed by atoms with Gasteiger partial charge in [-0.1, -0.05) is 24.3 Å². The maximum atomic E-state index is 11.8. The number of aryl methyl sites for hydroxylation is 1. The van der Waals surface area contributed by atoms with Crippen LogP contribution in [0.3, 0.4) is 0 Å². The molecule has 0 aromatic heterocycles. The van der Waals surface area contributed by atoms with Crippen molar-refractivity contribution in [1.82, 2.24) is 10.6 Å². The Morgan fingerprint density at radius 3 is 2.67 bits per heavy atom. The Labute approximate surface area is 178 Å². The van der Waals surface area contributed by atoms with Crippen molar-refractivity contribution in [3.05, 3.63) is 53.1 Å². The van der Waals surface area contributed by atoms with Crippen molar-refractivity contribution in [3.63, 3.8) is 0 Å². The first-order valence-electron chi connectivity index (χ1n) is 10.1. The molecule has 1 heterocycles. The number of hydrogen-bond donors (Lipinski definition) is 2. The summed E-state index contributed by atoms with van der Waals surface area (Å²) < 4.78 is 35.2. The number of benzene rings is 2. The van der Waals surface area contributed by atoms with Crippen molar-refractivity contribution in [2.24, 2.45) is 4.99 Å². The van der Waals surface area contributed by atoms with Gasteiger partial charge in [0, 0.05) is 31.3 Å². The van der Waals surface area contributed by atoms with Gasteiger partial charge in [0.1, 0.15) is 0 Å². The standard InChI is InChI=1S/C22H29N3O4S/c1-4-23-22(24-14-17-9-10-20(16(2)13-17)30(3,26)27)25-15-18-7-5-8-19-21(18)29-12-6-11-28-19/h5,7-10,13H,4,6,11-12,14-15H2,1-3H3,(H2,23,24,25). The minimum absolute atomic E-state index is 0.354. The highest BCUT2D eigenvalue weighted by Crippen LogP contribution is 2.33. The number of sulfone groups is 1. The minimum Gasteiger partial charge on any atom is -0.490 e. The molecule has 0 spiro atoms. The van der Waals surface area contributed by atoms with Crippen LogP contribution >= 0.6 is 0 Å². The predicted molar refractivity (Wildman–Crippen MR) is 118 cm³/mol. The zero-order valence-electron chi connectivity index (χ0n) is 17.7. The number of guanidine groups is 1. The van der Waals surface area contributed by atoms with E-state index < -0.39 is 9.84 Å². The maximum absolute atomic E-state index is 11.8. The van der Waals surface area contributed by atoms with Gasteiger partial charge in [0.2, 0.25) is 0 Å². The van der Waals surface area contributed by atoms with Crippen LogP contribution in [0.2, 0.25) is 0 Å². The highest BCUT2D eigenvalue weighted by Gasteiger charge is 2.15. The molecule has 0 amide bonds. The van der Waals surface area contributed by atoms with Crippen molar-refractivity contribution in [2.75, 3.05) is 26.0 Å². The van der Waals surface area contributed by atoms with Crippen LogP contribution in [0.15, 0.2) is 46.3 Å². The van der Waals surface area contributed by atoms with Crippen LogP contribution < -0.4 is 20.1 Å². The van der Waals surface area contributed by atoms with Crippen molar-refractivity contribution in [1.29, 1.82) is 0 Å². The van der Waals surface area contributed by atoms with Gasteiger partial charge >= 0.3 is 0 Å². The summed E-state index contributed by atoms with van der Waals surface area (Å²) in [5.41, 5.74) is 2.68. The Hall–Kier alpha value is -2.74.